The summed E-state index contributed by atoms with van der Waals surface area (Å²) >= 11 is 0. The van der Waals surface area contributed by atoms with Gasteiger partial charge in [-0.25, -0.2) is 0 Å². The van der Waals surface area contributed by atoms with Gasteiger partial charge in [0, 0.05) is 5.92 Å². The van der Waals surface area contributed by atoms with Crippen LogP contribution in [0.4, 0.5) is 0 Å². The number of fused-ring (bicyclic) bond motifs is 1. The summed E-state index contributed by atoms with van der Waals surface area (Å²) in [7, 11) is 0. The molecule has 1 unspecified atom stereocenters. The smallest absolute Gasteiger partial charge is 0.0345 e. The van der Waals surface area contributed by atoms with E-state index in [0.717, 1.165) is 0 Å². The molecule has 0 saturated heterocycles. The molecule has 2 aliphatic carbocycles. The van der Waals surface area contributed by atoms with Gasteiger partial charge in [-0.1, -0.05) is 72.3 Å². The summed E-state index contributed by atoms with van der Waals surface area (Å²) in [6, 6.07) is 19.7. The monoisotopic (exact) mass is 244 g/mol. The predicted octanol–water partition coefficient (Wildman–Crippen LogP) is 4.94. The van der Waals surface area contributed by atoms with E-state index in [9.17, 15) is 0 Å². The molecule has 0 amide bonds. The molecule has 0 heterocycles. The van der Waals surface area contributed by atoms with Crippen LogP contribution in [0, 0.1) is 0 Å². The Balaban J connectivity index is 1.94. The second kappa shape index (κ2) is 4.24. The Morgan fingerprint density at radius 1 is 0.737 bits per heavy atom. The topological polar surface area (TPSA) is 0 Å². The van der Waals surface area contributed by atoms with Crippen LogP contribution in [0.1, 0.15) is 35.4 Å². The average molecular weight is 244 g/mol. The Kier molecular flexibility index (Phi) is 2.41. The van der Waals surface area contributed by atoms with Crippen molar-refractivity contribution >= 4 is 6.08 Å². The van der Waals surface area contributed by atoms with Gasteiger partial charge in [-0.3, -0.25) is 0 Å². The highest BCUT2D eigenvalue weighted by molar-refractivity contribution is 5.68. The quantitative estimate of drug-likeness (QED) is 0.666. The van der Waals surface area contributed by atoms with Crippen molar-refractivity contribution in [1.29, 1.82) is 0 Å². The Morgan fingerprint density at radius 3 is 2.26 bits per heavy atom. The predicted molar refractivity (Wildman–Crippen MR) is 80.0 cm³/mol. The molecule has 19 heavy (non-hydrogen) atoms. The molecule has 2 aromatic carbocycles. The van der Waals surface area contributed by atoms with Crippen LogP contribution >= 0.6 is 0 Å². The van der Waals surface area contributed by atoms with Crippen molar-refractivity contribution in [2.45, 2.75) is 18.8 Å². The summed E-state index contributed by atoms with van der Waals surface area (Å²) in [6.07, 6.45) is 7.17. The van der Waals surface area contributed by atoms with E-state index in [0.29, 0.717) is 5.92 Å². The molecule has 0 aromatic heterocycles. The van der Waals surface area contributed by atoms with Crippen LogP contribution in [0.25, 0.3) is 6.08 Å². The van der Waals surface area contributed by atoms with Crippen LogP contribution in [-0.2, 0) is 0 Å². The molecule has 0 radical (unpaired) electrons. The van der Waals surface area contributed by atoms with Gasteiger partial charge < -0.3 is 0 Å². The lowest BCUT2D eigenvalue weighted by atomic mass is 9.78. The van der Waals surface area contributed by atoms with Crippen molar-refractivity contribution in [3.8, 4) is 0 Å². The van der Waals surface area contributed by atoms with Gasteiger partial charge in [-0.15, -0.1) is 0 Å². The van der Waals surface area contributed by atoms with E-state index in [1.165, 1.54) is 35.1 Å². The molecular formula is C19H16. The van der Waals surface area contributed by atoms with Gasteiger partial charge >= 0.3 is 0 Å². The summed E-state index contributed by atoms with van der Waals surface area (Å²) < 4.78 is 0. The molecule has 1 saturated carbocycles. The Bertz CT molecular complexity index is 668. The minimum absolute atomic E-state index is 0.430. The average Bonchev–Trinajstić information content (AvgIpc) is 3.31. The fourth-order valence-electron chi connectivity index (χ4n) is 3.05. The summed E-state index contributed by atoms with van der Waals surface area (Å²) in [6.45, 7) is 0. The number of allylic oxidation sites excluding steroid dienone is 3. The summed E-state index contributed by atoms with van der Waals surface area (Å²) in [5, 5.41) is 0. The van der Waals surface area contributed by atoms with E-state index in [-0.39, 0.29) is 0 Å². The minimum Gasteiger partial charge on any atom is -0.0654 e. The number of hydrogen-bond acceptors (Lipinski definition) is 0. The van der Waals surface area contributed by atoms with Gasteiger partial charge in [-0.2, -0.15) is 0 Å². The van der Waals surface area contributed by atoms with E-state index in [2.05, 4.69) is 66.7 Å². The SMILES string of the molecule is C1=Cc2ccccc2C(c2ccccc2)C1=C1CC1. The fourth-order valence-corrected chi connectivity index (χ4v) is 3.05. The molecule has 0 spiro atoms. The Hall–Kier alpha value is -2.08. The van der Waals surface area contributed by atoms with E-state index >= 15 is 0 Å². The van der Waals surface area contributed by atoms with Crippen molar-refractivity contribution in [2.75, 3.05) is 0 Å². The lowest BCUT2D eigenvalue weighted by molar-refractivity contribution is 0.958. The van der Waals surface area contributed by atoms with E-state index in [1.807, 2.05) is 0 Å². The lowest BCUT2D eigenvalue weighted by Gasteiger charge is -2.25. The summed E-state index contributed by atoms with van der Waals surface area (Å²) in [5.74, 6) is 0.430. The first-order valence-corrected chi connectivity index (χ1v) is 6.97. The standard InChI is InChI=1S/C19H16/c1-2-7-16(8-3-1)19-17-9-5-4-6-14(17)12-13-18(19)15-10-11-15/h1-9,12-13,19H,10-11H2. The Morgan fingerprint density at radius 2 is 1.47 bits per heavy atom. The largest absolute Gasteiger partial charge is 0.0654 e. The van der Waals surface area contributed by atoms with Gasteiger partial charge in [0.2, 0.25) is 0 Å². The highest BCUT2D eigenvalue weighted by Crippen LogP contribution is 2.45. The normalized spacial score (nSPS) is 20.3. The maximum absolute atomic E-state index is 2.34. The van der Waals surface area contributed by atoms with Crippen LogP contribution < -0.4 is 0 Å². The molecule has 92 valence electrons. The zero-order valence-corrected chi connectivity index (χ0v) is 10.8. The number of hydrogen-bond donors (Lipinski definition) is 0. The van der Waals surface area contributed by atoms with Crippen LogP contribution in [-0.4, -0.2) is 0 Å². The molecule has 4 rings (SSSR count). The van der Waals surface area contributed by atoms with Crippen molar-refractivity contribution in [1.82, 2.24) is 0 Å². The van der Waals surface area contributed by atoms with Crippen molar-refractivity contribution in [2.24, 2.45) is 0 Å². The first-order valence-electron chi connectivity index (χ1n) is 6.97. The van der Waals surface area contributed by atoms with Gasteiger partial charge in [0.05, 0.1) is 0 Å². The third-order valence-electron chi connectivity index (χ3n) is 4.10. The summed E-state index contributed by atoms with van der Waals surface area (Å²) in [4.78, 5) is 0. The van der Waals surface area contributed by atoms with E-state index < -0.39 is 0 Å². The third kappa shape index (κ3) is 1.84. The first-order chi connectivity index (χ1) is 9.43. The maximum Gasteiger partial charge on any atom is 0.0345 e. The second-order valence-electron chi connectivity index (χ2n) is 5.36. The molecule has 2 aromatic rings. The van der Waals surface area contributed by atoms with Gasteiger partial charge in [0.1, 0.15) is 0 Å². The molecule has 0 aliphatic heterocycles. The van der Waals surface area contributed by atoms with Crippen LogP contribution in [0.2, 0.25) is 0 Å². The van der Waals surface area contributed by atoms with E-state index in [4.69, 9.17) is 0 Å². The molecule has 0 heteroatoms. The highest BCUT2D eigenvalue weighted by Gasteiger charge is 2.28. The third-order valence-corrected chi connectivity index (χ3v) is 4.10. The molecule has 1 atom stereocenters. The number of benzene rings is 2. The summed E-state index contributed by atoms with van der Waals surface area (Å²) in [5.41, 5.74) is 7.39. The van der Waals surface area contributed by atoms with Crippen molar-refractivity contribution in [3.63, 3.8) is 0 Å². The molecular weight excluding hydrogens is 228 g/mol. The Labute approximate surface area is 114 Å². The van der Waals surface area contributed by atoms with Crippen LogP contribution in [0.3, 0.4) is 0 Å². The lowest BCUT2D eigenvalue weighted by Crippen LogP contribution is -2.08. The van der Waals surface area contributed by atoms with Crippen molar-refractivity contribution in [3.05, 3.63) is 88.5 Å². The van der Waals surface area contributed by atoms with Crippen LogP contribution in [0.5, 0.6) is 0 Å². The molecule has 2 aliphatic rings. The van der Waals surface area contributed by atoms with Gasteiger partial charge in [0.15, 0.2) is 0 Å². The maximum atomic E-state index is 2.34. The molecule has 0 nitrogen and oxygen atoms in total. The van der Waals surface area contributed by atoms with Crippen LogP contribution in [0.15, 0.2) is 71.8 Å². The zero-order chi connectivity index (χ0) is 12.7. The molecule has 0 bridgehead atoms. The van der Waals surface area contributed by atoms with E-state index in [1.54, 1.807) is 5.57 Å². The van der Waals surface area contributed by atoms with Gasteiger partial charge in [-0.05, 0) is 35.1 Å². The zero-order valence-electron chi connectivity index (χ0n) is 10.8. The highest BCUT2D eigenvalue weighted by atomic mass is 14.3. The van der Waals surface area contributed by atoms with Gasteiger partial charge in [0.25, 0.3) is 0 Å². The fraction of sp³-hybridized carbons (Fsp3) is 0.158. The molecule has 0 N–H and O–H groups in total. The minimum atomic E-state index is 0.430. The van der Waals surface area contributed by atoms with Crippen molar-refractivity contribution < 1.29 is 0 Å². The molecule has 1 fully saturated rings. The first kappa shape index (κ1) is 10.8. The number of rotatable bonds is 1. The second-order valence-corrected chi connectivity index (χ2v) is 5.36.